The van der Waals surface area contributed by atoms with Gasteiger partial charge in [-0.3, -0.25) is 9.52 Å². The van der Waals surface area contributed by atoms with Gasteiger partial charge in [-0.05, 0) is 79.7 Å². The van der Waals surface area contributed by atoms with Crippen LogP contribution < -0.4 is 19.5 Å². The highest BCUT2D eigenvalue weighted by molar-refractivity contribution is 7.92. The second-order valence-electron chi connectivity index (χ2n) is 6.38. The van der Waals surface area contributed by atoms with E-state index in [1.54, 1.807) is 24.3 Å². The van der Waals surface area contributed by atoms with Crippen LogP contribution in [0, 0.1) is 5.82 Å². The molecule has 31 heavy (non-hydrogen) atoms. The summed E-state index contributed by atoms with van der Waals surface area (Å²) in [6.45, 7) is 2.20. The molecule has 0 saturated heterocycles. The minimum absolute atomic E-state index is 0.00279. The number of carbonyl (C=O) groups excluding carboxylic acids is 1. The zero-order chi connectivity index (χ0) is 22.3. The molecule has 0 fully saturated rings. The molecule has 0 radical (unpaired) electrons. The van der Waals surface area contributed by atoms with Crippen molar-refractivity contribution in [3.05, 3.63) is 78.6 Å². The number of hydrogen-bond acceptors (Lipinski definition) is 5. The Morgan fingerprint density at radius 2 is 1.39 bits per heavy atom. The van der Waals surface area contributed by atoms with Crippen LogP contribution in [0.2, 0.25) is 0 Å². The summed E-state index contributed by atoms with van der Waals surface area (Å²) in [6, 6.07) is 17.5. The molecule has 0 saturated carbocycles. The monoisotopic (exact) mass is 444 g/mol. The maximum absolute atomic E-state index is 13.0. The van der Waals surface area contributed by atoms with E-state index in [0.29, 0.717) is 23.8 Å². The van der Waals surface area contributed by atoms with Crippen LogP contribution in [0.4, 0.5) is 15.8 Å². The number of carbonyl (C=O) groups is 1. The van der Waals surface area contributed by atoms with E-state index in [2.05, 4.69) is 10.0 Å². The Morgan fingerprint density at radius 1 is 0.839 bits per heavy atom. The molecule has 162 valence electrons. The molecule has 0 spiro atoms. The summed E-state index contributed by atoms with van der Waals surface area (Å²) in [5.74, 6) is 0.220. The van der Waals surface area contributed by atoms with Gasteiger partial charge in [-0.1, -0.05) is 0 Å². The fourth-order valence-corrected chi connectivity index (χ4v) is 3.65. The number of benzene rings is 3. The summed E-state index contributed by atoms with van der Waals surface area (Å²) >= 11 is 0. The lowest BCUT2D eigenvalue weighted by molar-refractivity contribution is -0.118. The van der Waals surface area contributed by atoms with Crippen molar-refractivity contribution in [1.29, 1.82) is 0 Å². The Kier molecular flexibility index (Phi) is 7.09. The van der Waals surface area contributed by atoms with Crippen molar-refractivity contribution in [2.45, 2.75) is 11.8 Å². The Labute approximate surface area is 179 Å². The van der Waals surface area contributed by atoms with Crippen LogP contribution in [0.25, 0.3) is 0 Å². The predicted octanol–water partition coefficient (Wildman–Crippen LogP) is 4.04. The highest BCUT2D eigenvalue weighted by Gasteiger charge is 2.14. The molecule has 0 atom stereocenters. The highest BCUT2D eigenvalue weighted by atomic mass is 32.2. The number of anilines is 2. The third-order valence-electron chi connectivity index (χ3n) is 4.05. The quantitative estimate of drug-likeness (QED) is 0.520. The first-order valence-electron chi connectivity index (χ1n) is 9.40. The summed E-state index contributed by atoms with van der Waals surface area (Å²) in [5.41, 5.74) is 0.845. The molecule has 3 aromatic carbocycles. The summed E-state index contributed by atoms with van der Waals surface area (Å²) in [6.07, 6.45) is 0. The standard InChI is InChI=1S/C22H21FN2O5S/c1-2-29-19-9-7-17(8-10-19)24-22(26)15-30-20-11-13-21(14-12-20)31(27,28)25-18-5-3-16(23)4-6-18/h3-14,25H,2,15H2,1H3,(H,24,26). The van der Waals surface area contributed by atoms with E-state index < -0.39 is 15.8 Å². The van der Waals surface area contributed by atoms with E-state index in [0.717, 1.165) is 12.1 Å². The van der Waals surface area contributed by atoms with Crippen molar-refractivity contribution < 1.29 is 27.1 Å². The minimum atomic E-state index is -3.84. The average molecular weight is 444 g/mol. The number of nitrogens with one attached hydrogen (secondary N) is 2. The lowest BCUT2D eigenvalue weighted by atomic mass is 10.3. The largest absolute Gasteiger partial charge is 0.494 e. The Bertz CT molecular complexity index is 1120. The summed E-state index contributed by atoms with van der Waals surface area (Å²) in [4.78, 5) is 12.1. The van der Waals surface area contributed by atoms with Gasteiger partial charge in [-0.2, -0.15) is 0 Å². The second-order valence-corrected chi connectivity index (χ2v) is 8.06. The highest BCUT2D eigenvalue weighted by Crippen LogP contribution is 2.20. The van der Waals surface area contributed by atoms with Crippen LogP contribution in [-0.4, -0.2) is 27.5 Å². The van der Waals surface area contributed by atoms with Crippen LogP contribution in [0.1, 0.15) is 6.92 Å². The van der Waals surface area contributed by atoms with Crippen LogP contribution in [0.15, 0.2) is 77.7 Å². The molecule has 0 bridgehead atoms. The van der Waals surface area contributed by atoms with E-state index in [1.807, 2.05) is 6.92 Å². The fourth-order valence-electron chi connectivity index (χ4n) is 2.59. The average Bonchev–Trinajstić information content (AvgIpc) is 2.76. The Hall–Kier alpha value is -3.59. The molecule has 0 aliphatic carbocycles. The van der Waals surface area contributed by atoms with E-state index in [4.69, 9.17) is 9.47 Å². The van der Waals surface area contributed by atoms with Crippen LogP contribution in [0.5, 0.6) is 11.5 Å². The molecule has 3 aromatic rings. The molecule has 0 aliphatic heterocycles. The first-order valence-corrected chi connectivity index (χ1v) is 10.9. The van der Waals surface area contributed by atoms with E-state index >= 15 is 0 Å². The van der Waals surface area contributed by atoms with Crippen LogP contribution in [-0.2, 0) is 14.8 Å². The van der Waals surface area contributed by atoms with Gasteiger partial charge in [0.05, 0.1) is 11.5 Å². The van der Waals surface area contributed by atoms with E-state index in [9.17, 15) is 17.6 Å². The number of rotatable bonds is 9. The molecule has 0 aromatic heterocycles. The van der Waals surface area contributed by atoms with Gasteiger partial charge in [-0.25, -0.2) is 12.8 Å². The van der Waals surface area contributed by atoms with Gasteiger partial charge < -0.3 is 14.8 Å². The molecule has 0 aliphatic rings. The number of halogens is 1. The molecule has 0 heterocycles. The lowest BCUT2D eigenvalue weighted by Crippen LogP contribution is -2.20. The maximum Gasteiger partial charge on any atom is 0.262 e. The van der Waals surface area contributed by atoms with Crippen LogP contribution >= 0.6 is 0 Å². The second kappa shape index (κ2) is 9.94. The van der Waals surface area contributed by atoms with Crippen molar-refractivity contribution in [1.82, 2.24) is 0 Å². The van der Waals surface area contributed by atoms with Gasteiger partial charge in [0.25, 0.3) is 15.9 Å². The van der Waals surface area contributed by atoms with E-state index in [-0.39, 0.29) is 23.1 Å². The van der Waals surface area contributed by atoms with Crippen molar-refractivity contribution in [3.8, 4) is 11.5 Å². The third-order valence-corrected chi connectivity index (χ3v) is 5.45. The zero-order valence-electron chi connectivity index (χ0n) is 16.7. The summed E-state index contributed by atoms with van der Waals surface area (Å²) < 4.78 is 50.9. The van der Waals surface area contributed by atoms with Gasteiger partial charge in [0.15, 0.2) is 6.61 Å². The van der Waals surface area contributed by atoms with Gasteiger partial charge >= 0.3 is 0 Å². The maximum atomic E-state index is 13.0. The van der Waals surface area contributed by atoms with Gasteiger partial charge in [0.2, 0.25) is 0 Å². The van der Waals surface area contributed by atoms with E-state index in [1.165, 1.54) is 36.4 Å². The summed E-state index contributed by atoms with van der Waals surface area (Å²) in [5, 5.41) is 2.70. The van der Waals surface area contributed by atoms with Crippen molar-refractivity contribution in [2.24, 2.45) is 0 Å². The lowest BCUT2D eigenvalue weighted by Gasteiger charge is -2.10. The zero-order valence-corrected chi connectivity index (χ0v) is 17.5. The molecule has 9 heteroatoms. The SMILES string of the molecule is CCOc1ccc(NC(=O)COc2ccc(S(=O)(=O)Nc3ccc(F)cc3)cc2)cc1. The van der Waals surface area contributed by atoms with Gasteiger partial charge in [-0.15, -0.1) is 0 Å². The van der Waals surface area contributed by atoms with Crippen molar-refractivity contribution in [3.63, 3.8) is 0 Å². The molecule has 3 rings (SSSR count). The van der Waals surface area contributed by atoms with Crippen LogP contribution in [0.3, 0.4) is 0 Å². The molecular weight excluding hydrogens is 423 g/mol. The minimum Gasteiger partial charge on any atom is -0.494 e. The van der Waals surface area contributed by atoms with Crippen molar-refractivity contribution in [2.75, 3.05) is 23.3 Å². The molecule has 0 unspecified atom stereocenters. The third kappa shape index (κ3) is 6.45. The Balaban J connectivity index is 1.53. The van der Waals surface area contributed by atoms with Crippen molar-refractivity contribution >= 4 is 27.3 Å². The van der Waals surface area contributed by atoms with Gasteiger partial charge in [0.1, 0.15) is 17.3 Å². The fraction of sp³-hybridized carbons (Fsp3) is 0.136. The molecular formula is C22H21FN2O5S. The smallest absolute Gasteiger partial charge is 0.262 e. The number of amides is 1. The first-order chi connectivity index (χ1) is 14.9. The van der Waals surface area contributed by atoms with Gasteiger partial charge in [0, 0.05) is 11.4 Å². The topological polar surface area (TPSA) is 93.7 Å². The molecule has 2 N–H and O–H groups in total. The summed E-state index contributed by atoms with van der Waals surface area (Å²) in [7, 11) is -3.84. The molecule has 1 amide bonds. The number of ether oxygens (including phenoxy) is 2. The number of sulfonamides is 1. The normalized spacial score (nSPS) is 10.9. The number of hydrogen-bond donors (Lipinski definition) is 2. The predicted molar refractivity (Wildman–Crippen MR) is 115 cm³/mol. The molecule has 7 nitrogen and oxygen atoms in total. The first kappa shape index (κ1) is 22.1. The Morgan fingerprint density at radius 3 is 2.00 bits per heavy atom.